The fourth-order valence-electron chi connectivity index (χ4n) is 0.894. The lowest BCUT2D eigenvalue weighted by Crippen LogP contribution is -2.12. The van der Waals surface area contributed by atoms with Crippen LogP contribution >= 0.6 is 38.9 Å². The van der Waals surface area contributed by atoms with Crippen molar-refractivity contribution in [2.75, 3.05) is 6.54 Å². The third-order valence-electron chi connectivity index (χ3n) is 1.52. The summed E-state index contributed by atoms with van der Waals surface area (Å²) < 4.78 is 1.81. The van der Waals surface area contributed by atoms with Gasteiger partial charge in [0.1, 0.15) is 4.34 Å². The third-order valence-corrected chi connectivity index (χ3v) is 4.00. The Morgan fingerprint density at radius 3 is 3.00 bits per heavy atom. The minimum atomic E-state index is 0.820. The molecule has 0 atom stereocenters. The van der Waals surface area contributed by atoms with E-state index in [1.807, 2.05) is 12.1 Å². The number of hydrogen-bond donors (Lipinski definition) is 1. The first-order valence-electron chi connectivity index (χ1n) is 3.99. The monoisotopic (exact) mass is 279 g/mol. The summed E-state index contributed by atoms with van der Waals surface area (Å²) in [6.07, 6.45) is 2.91. The van der Waals surface area contributed by atoms with Crippen LogP contribution in [0.25, 0.3) is 0 Å². The van der Waals surface area contributed by atoms with Gasteiger partial charge < -0.3 is 5.32 Å². The van der Waals surface area contributed by atoms with Gasteiger partial charge in [-0.2, -0.15) is 0 Å². The number of rotatable bonds is 5. The van der Waals surface area contributed by atoms with Gasteiger partial charge in [0.05, 0.1) is 0 Å². The van der Waals surface area contributed by atoms with E-state index in [9.17, 15) is 0 Å². The normalized spacial score (nSPS) is 10.3. The van der Waals surface area contributed by atoms with Crippen molar-refractivity contribution in [1.29, 1.82) is 0 Å². The average Bonchev–Trinajstić information content (AvgIpc) is 2.41. The molecule has 1 rings (SSSR count). The summed E-state index contributed by atoms with van der Waals surface area (Å²) in [5.41, 5.74) is 0. The van der Waals surface area contributed by atoms with Crippen molar-refractivity contribution in [2.24, 2.45) is 0 Å². The Labute approximate surface area is 95.9 Å². The Morgan fingerprint density at radius 1 is 1.69 bits per heavy atom. The summed E-state index contributed by atoms with van der Waals surface area (Å²) in [6, 6.07) is 2.05. The van der Waals surface area contributed by atoms with Crippen LogP contribution in [0.1, 0.15) is 11.3 Å². The van der Waals surface area contributed by atoms with Crippen molar-refractivity contribution >= 4 is 38.9 Å². The van der Waals surface area contributed by atoms with Crippen LogP contribution in [0.3, 0.4) is 0 Å². The van der Waals surface area contributed by atoms with Crippen molar-refractivity contribution < 1.29 is 0 Å². The molecule has 13 heavy (non-hydrogen) atoms. The van der Waals surface area contributed by atoms with Crippen molar-refractivity contribution in [3.8, 4) is 0 Å². The highest BCUT2D eigenvalue weighted by molar-refractivity contribution is 9.10. The maximum atomic E-state index is 5.90. The largest absolute Gasteiger partial charge is 0.312 e. The summed E-state index contributed by atoms with van der Waals surface area (Å²) in [6.45, 7) is 5.51. The number of nitrogens with one attached hydrogen (secondary N) is 1. The molecule has 0 unspecified atom stereocenters. The molecule has 1 N–H and O–H groups in total. The Kier molecular flexibility index (Phi) is 5.02. The second-order valence-electron chi connectivity index (χ2n) is 2.59. The Hall–Kier alpha value is 0.170. The highest BCUT2D eigenvalue weighted by atomic mass is 79.9. The lowest BCUT2D eigenvalue weighted by molar-refractivity contribution is 0.703. The third kappa shape index (κ3) is 3.81. The predicted molar refractivity (Wildman–Crippen MR) is 63.5 cm³/mol. The van der Waals surface area contributed by atoms with Gasteiger partial charge in [0.25, 0.3) is 0 Å². The van der Waals surface area contributed by atoms with Gasteiger partial charge in [-0.25, -0.2) is 0 Å². The minimum absolute atomic E-state index is 0.820. The zero-order valence-corrected chi connectivity index (χ0v) is 10.3. The van der Waals surface area contributed by atoms with Crippen LogP contribution < -0.4 is 5.32 Å². The van der Waals surface area contributed by atoms with E-state index >= 15 is 0 Å². The van der Waals surface area contributed by atoms with Gasteiger partial charge in [0.15, 0.2) is 0 Å². The van der Waals surface area contributed by atoms with E-state index in [1.54, 1.807) is 11.3 Å². The Balaban J connectivity index is 2.32. The summed E-state index contributed by atoms with van der Waals surface area (Å²) in [5, 5.41) is 3.30. The van der Waals surface area contributed by atoms with E-state index in [4.69, 9.17) is 11.6 Å². The van der Waals surface area contributed by atoms with E-state index in [0.717, 1.165) is 28.3 Å². The van der Waals surface area contributed by atoms with Crippen molar-refractivity contribution in [1.82, 2.24) is 5.32 Å². The molecule has 1 aromatic heterocycles. The van der Waals surface area contributed by atoms with Gasteiger partial charge in [-0.15, -0.1) is 17.9 Å². The smallest absolute Gasteiger partial charge is 0.107 e. The molecule has 1 nitrogen and oxygen atoms in total. The fourth-order valence-corrected chi connectivity index (χ4v) is 2.65. The molecule has 0 radical (unpaired) electrons. The second-order valence-corrected chi connectivity index (χ2v) is 5.18. The molecule has 0 saturated carbocycles. The Morgan fingerprint density at radius 2 is 2.46 bits per heavy atom. The van der Waals surface area contributed by atoms with Crippen LogP contribution in [0.5, 0.6) is 0 Å². The van der Waals surface area contributed by atoms with Crippen LogP contribution in [0.4, 0.5) is 0 Å². The molecule has 1 aromatic rings. The van der Waals surface area contributed by atoms with E-state index in [2.05, 4.69) is 27.8 Å². The molecular weight excluding hydrogens is 270 g/mol. The summed E-state index contributed by atoms with van der Waals surface area (Å²) >= 11 is 10.9. The van der Waals surface area contributed by atoms with Gasteiger partial charge in [0.2, 0.25) is 0 Å². The van der Waals surface area contributed by atoms with E-state index in [-0.39, 0.29) is 0 Å². The summed E-state index contributed by atoms with van der Waals surface area (Å²) in [4.78, 5) is 1.25. The van der Waals surface area contributed by atoms with E-state index in [0.29, 0.717) is 0 Å². The van der Waals surface area contributed by atoms with Gasteiger partial charge in [-0.05, 0) is 35.0 Å². The minimum Gasteiger partial charge on any atom is -0.312 e. The lowest BCUT2D eigenvalue weighted by atomic mass is 10.4. The zero-order valence-electron chi connectivity index (χ0n) is 7.15. The summed E-state index contributed by atoms with van der Waals surface area (Å²) in [7, 11) is 0. The van der Waals surface area contributed by atoms with Crippen LogP contribution in [-0.2, 0) is 6.54 Å². The zero-order chi connectivity index (χ0) is 9.68. The summed E-state index contributed by atoms with van der Waals surface area (Å²) in [5.74, 6) is 0. The number of thiophene rings is 1. The van der Waals surface area contributed by atoms with Crippen molar-refractivity contribution in [3.63, 3.8) is 0 Å². The Bertz CT molecular complexity index is 266. The van der Waals surface area contributed by atoms with Crippen LogP contribution in [-0.4, -0.2) is 6.54 Å². The first kappa shape index (κ1) is 11.2. The first-order chi connectivity index (χ1) is 6.24. The molecule has 0 amide bonds. The molecule has 0 fully saturated rings. The standard InChI is InChI=1S/C9H11BrClNS/c1-2-3-4-12-6-7-5-8(10)9(11)13-7/h2,5,12H,1,3-4,6H2. The molecule has 0 spiro atoms. The maximum Gasteiger partial charge on any atom is 0.107 e. The average molecular weight is 281 g/mol. The first-order valence-corrected chi connectivity index (χ1v) is 5.98. The van der Waals surface area contributed by atoms with Gasteiger partial charge in [-0.3, -0.25) is 0 Å². The highest BCUT2D eigenvalue weighted by Gasteiger charge is 2.02. The number of halogens is 2. The lowest BCUT2D eigenvalue weighted by Gasteiger charge is -1.98. The quantitative estimate of drug-likeness (QED) is 0.638. The molecule has 0 aliphatic rings. The SMILES string of the molecule is C=CCCNCc1cc(Br)c(Cl)s1. The molecule has 4 heteroatoms. The highest BCUT2D eigenvalue weighted by Crippen LogP contribution is 2.31. The maximum absolute atomic E-state index is 5.90. The van der Waals surface area contributed by atoms with Crippen LogP contribution in [0.2, 0.25) is 4.34 Å². The van der Waals surface area contributed by atoms with Gasteiger partial charge in [-0.1, -0.05) is 17.7 Å². The van der Waals surface area contributed by atoms with Crippen molar-refractivity contribution in [2.45, 2.75) is 13.0 Å². The molecule has 1 heterocycles. The molecule has 0 bridgehead atoms. The number of hydrogen-bond acceptors (Lipinski definition) is 2. The molecule has 0 saturated heterocycles. The topological polar surface area (TPSA) is 12.0 Å². The predicted octanol–water partition coefficient (Wildman–Crippen LogP) is 3.83. The van der Waals surface area contributed by atoms with Gasteiger partial charge in [0, 0.05) is 15.9 Å². The second kappa shape index (κ2) is 5.81. The van der Waals surface area contributed by atoms with Gasteiger partial charge >= 0.3 is 0 Å². The molecular formula is C9H11BrClNS. The van der Waals surface area contributed by atoms with E-state index < -0.39 is 0 Å². The molecule has 0 aliphatic heterocycles. The van der Waals surface area contributed by atoms with E-state index in [1.165, 1.54) is 4.88 Å². The van der Waals surface area contributed by atoms with Crippen LogP contribution in [0.15, 0.2) is 23.2 Å². The molecule has 72 valence electrons. The molecule has 0 aromatic carbocycles. The van der Waals surface area contributed by atoms with Crippen molar-refractivity contribution in [3.05, 3.63) is 32.4 Å². The molecule has 0 aliphatic carbocycles. The fraction of sp³-hybridized carbons (Fsp3) is 0.333. The van der Waals surface area contributed by atoms with Crippen LogP contribution in [0, 0.1) is 0 Å².